The molecule has 0 unspecified atom stereocenters. The van der Waals surface area contributed by atoms with Crippen LogP contribution in [0.2, 0.25) is 0 Å². The van der Waals surface area contributed by atoms with Crippen molar-refractivity contribution in [2.75, 3.05) is 19.4 Å². The quantitative estimate of drug-likeness (QED) is 0.261. The van der Waals surface area contributed by atoms with Gasteiger partial charge in [0.05, 0.1) is 35.8 Å². The van der Waals surface area contributed by atoms with E-state index in [4.69, 9.17) is 0 Å². The molecule has 3 aromatic heterocycles. The van der Waals surface area contributed by atoms with E-state index in [1.807, 2.05) is 58.3 Å². The number of aliphatic hydroxyl groups is 1. The highest BCUT2D eigenvalue weighted by Gasteiger charge is 2.19. The molecule has 0 atom stereocenters. The fourth-order valence-electron chi connectivity index (χ4n) is 4.68. The topological polar surface area (TPSA) is 125 Å². The number of aromatic nitrogens is 5. The maximum Gasteiger partial charge on any atom is 0.279 e. The number of nitrogens with one attached hydrogen (secondary N) is 1. The number of hydrogen-bond acceptors (Lipinski definition) is 8. The van der Waals surface area contributed by atoms with Gasteiger partial charge in [-0.3, -0.25) is 4.79 Å². The average molecular weight is 579 g/mol. The number of hydrogen-bond donors (Lipinski definition) is 2. The minimum Gasteiger partial charge on any atom is -0.392 e. The molecular weight excluding hydrogens is 540 g/mol. The molecule has 0 amide bonds. The summed E-state index contributed by atoms with van der Waals surface area (Å²) in [5.41, 5.74) is 3.50. The zero-order chi connectivity index (χ0) is 31.3. The van der Waals surface area contributed by atoms with Crippen molar-refractivity contribution >= 4 is 22.4 Å². The third-order valence-corrected chi connectivity index (χ3v) is 6.82. The first-order valence-electron chi connectivity index (χ1n) is 14.2. The summed E-state index contributed by atoms with van der Waals surface area (Å²) in [4.78, 5) is 20.0. The van der Waals surface area contributed by atoms with Crippen LogP contribution in [0.4, 0.5) is 11.6 Å². The normalized spacial score (nSPS) is 11.3. The van der Waals surface area contributed by atoms with Crippen LogP contribution in [0.5, 0.6) is 0 Å². The molecule has 0 saturated carbocycles. The van der Waals surface area contributed by atoms with E-state index in [1.165, 1.54) is 9.36 Å². The van der Waals surface area contributed by atoms with Crippen molar-refractivity contribution in [1.82, 2.24) is 29.4 Å². The fourth-order valence-corrected chi connectivity index (χ4v) is 4.68. The van der Waals surface area contributed by atoms with E-state index >= 15 is 0 Å². The monoisotopic (exact) mass is 578 g/mol. The van der Waals surface area contributed by atoms with E-state index in [2.05, 4.69) is 52.2 Å². The van der Waals surface area contributed by atoms with Crippen LogP contribution in [0.3, 0.4) is 0 Å². The molecule has 2 N–H and O–H groups in total. The van der Waals surface area contributed by atoms with Crippen molar-refractivity contribution in [3.8, 4) is 17.4 Å². The van der Waals surface area contributed by atoms with Gasteiger partial charge in [0.15, 0.2) is 5.82 Å². The third kappa shape index (κ3) is 6.64. The summed E-state index contributed by atoms with van der Waals surface area (Å²) in [5.74, 6) is 0.872. The van der Waals surface area contributed by atoms with E-state index < -0.39 is 0 Å². The van der Waals surface area contributed by atoms with Crippen LogP contribution in [-0.4, -0.2) is 48.6 Å². The summed E-state index contributed by atoms with van der Waals surface area (Å²) in [7, 11) is 3.98. The maximum absolute atomic E-state index is 13.5. The highest BCUT2D eigenvalue weighted by Crippen LogP contribution is 2.27. The lowest BCUT2D eigenvalue weighted by molar-refractivity contribution is 0.280. The van der Waals surface area contributed by atoms with E-state index in [-0.39, 0.29) is 17.6 Å². The number of fused-ring (bicyclic) bond motifs is 1. The molecular formula is C33H38N8O2. The van der Waals surface area contributed by atoms with E-state index in [9.17, 15) is 15.2 Å². The smallest absolute Gasteiger partial charge is 0.279 e. The molecule has 0 bridgehead atoms. The van der Waals surface area contributed by atoms with Crippen LogP contribution < -0.4 is 10.9 Å². The Hall–Kier alpha value is -4.85. The molecule has 43 heavy (non-hydrogen) atoms. The minimum atomic E-state index is -0.375. The van der Waals surface area contributed by atoms with Gasteiger partial charge < -0.3 is 15.3 Å². The van der Waals surface area contributed by atoms with Gasteiger partial charge in [0, 0.05) is 23.7 Å². The first kappa shape index (κ1) is 31.1. The second kappa shape index (κ2) is 13.0. The molecule has 0 radical (unpaired) electrons. The number of pyridine rings is 1. The molecule has 0 aliphatic carbocycles. The first-order chi connectivity index (χ1) is 20.6. The van der Waals surface area contributed by atoms with E-state index in [0.29, 0.717) is 39.5 Å². The lowest BCUT2D eigenvalue weighted by Crippen LogP contribution is -2.23. The van der Waals surface area contributed by atoms with Crippen LogP contribution in [-0.2, 0) is 18.6 Å². The summed E-state index contributed by atoms with van der Waals surface area (Å²) in [6, 6.07) is 17.0. The molecule has 222 valence electrons. The van der Waals surface area contributed by atoms with Crippen molar-refractivity contribution < 1.29 is 5.11 Å². The van der Waals surface area contributed by atoms with Gasteiger partial charge in [-0.25, -0.2) is 9.67 Å². The number of rotatable bonds is 7. The molecule has 0 aliphatic heterocycles. The molecule has 2 aromatic carbocycles. The molecule has 10 nitrogen and oxygen atoms in total. The van der Waals surface area contributed by atoms with Gasteiger partial charge in [0.25, 0.3) is 5.56 Å². The van der Waals surface area contributed by atoms with Gasteiger partial charge >= 0.3 is 0 Å². The Balaban J connectivity index is 0.00000207. The zero-order valence-electron chi connectivity index (χ0n) is 25.8. The van der Waals surface area contributed by atoms with Gasteiger partial charge in [-0.1, -0.05) is 52.8 Å². The first-order valence-corrected chi connectivity index (χ1v) is 14.2. The number of benzene rings is 2. The second-order valence-corrected chi connectivity index (χ2v) is 11.2. The molecule has 10 heteroatoms. The molecule has 0 aliphatic rings. The Morgan fingerprint density at radius 2 is 1.79 bits per heavy atom. The second-order valence-electron chi connectivity index (χ2n) is 11.2. The van der Waals surface area contributed by atoms with Crippen molar-refractivity contribution in [3.63, 3.8) is 0 Å². The van der Waals surface area contributed by atoms with Crippen LogP contribution in [0, 0.1) is 11.3 Å². The SMILES string of the molecule is CC.CN(C)Cc1ccc(Nc2nn(-c3cccc(-n4ncc5cc(C(C)(C)C)ccc5c4=O)c3CO)cc2C#N)nc1. The van der Waals surface area contributed by atoms with E-state index in [0.717, 1.165) is 23.1 Å². The maximum atomic E-state index is 13.5. The Morgan fingerprint density at radius 3 is 2.42 bits per heavy atom. The Morgan fingerprint density at radius 1 is 1.05 bits per heavy atom. The Labute approximate surface area is 251 Å². The van der Waals surface area contributed by atoms with Crippen LogP contribution >= 0.6 is 0 Å². The molecule has 5 aromatic rings. The van der Waals surface area contributed by atoms with Gasteiger partial charge in [0.2, 0.25) is 0 Å². The van der Waals surface area contributed by atoms with Crippen molar-refractivity contribution in [2.45, 2.75) is 53.2 Å². The summed E-state index contributed by atoms with van der Waals surface area (Å²) in [6.45, 7) is 10.7. The summed E-state index contributed by atoms with van der Waals surface area (Å²) >= 11 is 0. The number of nitriles is 1. The van der Waals surface area contributed by atoms with Crippen LogP contribution in [0.25, 0.3) is 22.1 Å². The van der Waals surface area contributed by atoms with E-state index in [1.54, 1.807) is 36.8 Å². The largest absolute Gasteiger partial charge is 0.392 e. The highest BCUT2D eigenvalue weighted by molar-refractivity contribution is 5.82. The van der Waals surface area contributed by atoms with Crippen molar-refractivity contribution in [1.29, 1.82) is 5.26 Å². The number of anilines is 2. The number of aliphatic hydroxyl groups excluding tert-OH is 1. The lowest BCUT2D eigenvalue weighted by Gasteiger charge is -2.19. The van der Waals surface area contributed by atoms with Gasteiger partial charge in [-0.2, -0.15) is 15.0 Å². The summed E-state index contributed by atoms with van der Waals surface area (Å²) < 4.78 is 2.80. The predicted molar refractivity (Wildman–Crippen MR) is 170 cm³/mol. The zero-order valence-corrected chi connectivity index (χ0v) is 25.8. The van der Waals surface area contributed by atoms with Crippen molar-refractivity contribution in [3.05, 3.63) is 99.7 Å². The molecule has 5 rings (SSSR count). The van der Waals surface area contributed by atoms with Gasteiger partial charge in [-0.15, -0.1) is 5.10 Å². The minimum absolute atomic E-state index is 0.0627. The number of nitrogens with zero attached hydrogens (tertiary/aromatic N) is 7. The Kier molecular flexibility index (Phi) is 9.39. The van der Waals surface area contributed by atoms with Crippen LogP contribution in [0.15, 0.2) is 71.9 Å². The summed E-state index contributed by atoms with van der Waals surface area (Å²) in [5, 5.41) is 33.7. The van der Waals surface area contributed by atoms with Crippen LogP contribution in [0.1, 0.15) is 56.9 Å². The molecule has 0 fully saturated rings. The lowest BCUT2D eigenvalue weighted by atomic mass is 9.86. The van der Waals surface area contributed by atoms with Gasteiger partial charge in [-0.05, 0) is 61.0 Å². The van der Waals surface area contributed by atoms with Crippen molar-refractivity contribution in [2.24, 2.45) is 0 Å². The molecule has 3 heterocycles. The van der Waals surface area contributed by atoms with Gasteiger partial charge in [0.1, 0.15) is 17.5 Å². The third-order valence-electron chi connectivity index (χ3n) is 6.82. The highest BCUT2D eigenvalue weighted by atomic mass is 16.3. The average Bonchev–Trinajstić information content (AvgIpc) is 3.40. The summed E-state index contributed by atoms with van der Waals surface area (Å²) in [6.07, 6.45) is 5.02. The molecule has 0 saturated heterocycles. The Bertz CT molecular complexity index is 1820. The fraction of sp³-hybridized carbons (Fsp3) is 0.303. The standard InChI is InChI=1S/C31H32N8O2.C2H6/c1-31(2,3)23-10-11-24-21(13-23)16-34-39(30(24)41)27-8-6-7-26(25(27)19-40)38-18-22(14-32)29(36-38)35-28-12-9-20(15-33-28)17-37(4)5;1-2/h6-13,15-16,18,40H,17,19H2,1-5H3,(H,33,35,36);1-2H3. The predicted octanol–water partition coefficient (Wildman–Crippen LogP) is 5.46. The molecule has 0 spiro atoms.